The molecule has 0 aromatic heterocycles. The lowest BCUT2D eigenvalue weighted by Crippen LogP contribution is -2.59. The van der Waals surface area contributed by atoms with Gasteiger partial charge in [-0.1, -0.05) is 0 Å². The smallest absolute Gasteiger partial charge is 0.410 e. The van der Waals surface area contributed by atoms with Crippen LogP contribution < -0.4 is 4.90 Å². The van der Waals surface area contributed by atoms with Crippen molar-refractivity contribution in [3.8, 4) is 0 Å². The quantitative estimate of drug-likeness (QED) is 0.481. The molecule has 0 spiro atoms. The fourth-order valence-electron chi connectivity index (χ4n) is 4.82. The van der Waals surface area contributed by atoms with Crippen molar-refractivity contribution in [3.63, 3.8) is 0 Å². The number of benzene rings is 1. The molecule has 0 N–H and O–H groups in total. The van der Waals surface area contributed by atoms with Crippen LogP contribution in [0.15, 0.2) is 12.1 Å². The zero-order valence-corrected chi connectivity index (χ0v) is 20.1. The fourth-order valence-corrected chi connectivity index (χ4v) is 4.82. The number of rotatable bonds is 4. The molecule has 0 saturated carbocycles. The zero-order chi connectivity index (χ0) is 24.6. The van der Waals surface area contributed by atoms with Crippen LogP contribution in [0, 0.1) is 27.7 Å². The summed E-state index contributed by atoms with van der Waals surface area (Å²) < 4.78 is 34.4. The molecular weight excluding hydrogens is 434 g/mol. The average Bonchev–Trinajstić information content (AvgIpc) is 2.72. The van der Waals surface area contributed by atoms with Gasteiger partial charge in [0, 0.05) is 44.8 Å². The number of ether oxygens (including phenoxy) is 1. The third kappa shape index (κ3) is 5.72. The maximum Gasteiger partial charge on any atom is 0.410 e. The third-order valence-corrected chi connectivity index (χ3v) is 6.77. The molecule has 2 heterocycles. The van der Waals surface area contributed by atoms with E-state index in [0.29, 0.717) is 45.2 Å². The first kappa shape index (κ1) is 25.1. The number of piperidine rings is 1. The molecule has 184 valence electrons. The molecule has 0 bridgehead atoms. The molecule has 0 radical (unpaired) electrons. The van der Waals surface area contributed by atoms with E-state index in [1.54, 1.807) is 9.80 Å². The van der Waals surface area contributed by atoms with E-state index in [1.807, 2.05) is 20.8 Å². The molecule has 2 fully saturated rings. The average molecular weight is 469 g/mol. The number of likely N-dealkylation sites (tertiary alicyclic amines) is 1. The number of carbonyl (C=O) groups is 1. The largest absolute Gasteiger partial charge is 0.444 e. The Kier molecular flexibility index (Phi) is 7.16. The molecule has 0 atom stereocenters. The van der Waals surface area contributed by atoms with Crippen LogP contribution in [0.2, 0.25) is 0 Å². The molecule has 10 heteroatoms. The normalized spacial score (nSPS) is 19.0. The van der Waals surface area contributed by atoms with E-state index >= 15 is 0 Å². The summed E-state index contributed by atoms with van der Waals surface area (Å²) >= 11 is 0. The summed E-state index contributed by atoms with van der Waals surface area (Å²) in [7, 11) is 0. The van der Waals surface area contributed by atoms with Gasteiger partial charge in [-0.2, -0.15) is 0 Å². The van der Waals surface area contributed by atoms with Crippen molar-refractivity contribution < 1.29 is 23.2 Å². The summed E-state index contributed by atoms with van der Waals surface area (Å²) in [4.78, 5) is 28.1. The molecule has 1 amide bonds. The highest BCUT2D eigenvalue weighted by Crippen LogP contribution is 2.35. The van der Waals surface area contributed by atoms with E-state index < -0.39 is 27.8 Å². The Balaban J connectivity index is 1.59. The van der Waals surface area contributed by atoms with Crippen LogP contribution in [-0.2, 0) is 4.74 Å². The SMILES string of the molecule is CC(C)(C)OC(=O)N1CCC(C(C)(C)N2CCN(c3c(F)cc([N+](=O)[O-])cc3F)CC2)CC1. The fraction of sp³-hybridized carbons (Fsp3) is 0.696. The molecule has 8 nitrogen and oxygen atoms in total. The van der Waals surface area contributed by atoms with Gasteiger partial charge in [0.1, 0.15) is 11.3 Å². The Bertz CT molecular complexity index is 864. The maximum absolute atomic E-state index is 14.4. The number of non-ortho nitro benzene ring substituents is 1. The van der Waals surface area contributed by atoms with Crippen LogP contribution >= 0.6 is 0 Å². The molecular formula is C23H34F2N4O4. The first-order valence-corrected chi connectivity index (χ1v) is 11.4. The molecule has 0 unspecified atom stereocenters. The molecule has 2 aliphatic heterocycles. The van der Waals surface area contributed by atoms with E-state index in [4.69, 9.17) is 4.74 Å². The standard InChI is InChI=1S/C23H34F2N4O4/c1-22(2,3)33-21(30)27-8-6-16(7-9-27)23(4,5)28-12-10-26(11-13-28)20-18(24)14-17(29(31)32)15-19(20)25/h14-16H,6-13H2,1-5H3. The van der Waals surface area contributed by atoms with Gasteiger partial charge in [0.05, 0.1) is 17.1 Å². The van der Waals surface area contributed by atoms with Crippen LogP contribution in [-0.4, -0.2) is 71.2 Å². The van der Waals surface area contributed by atoms with Gasteiger partial charge in [0.25, 0.3) is 5.69 Å². The van der Waals surface area contributed by atoms with Crippen LogP contribution in [0.1, 0.15) is 47.5 Å². The van der Waals surface area contributed by atoms with Crippen LogP contribution in [0.4, 0.5) is 25.0 Å². The van der Waals surface area contributed by atoms with Crippen molar-refractivity contribution in [2.75, 3.05) is 44.2 Å². The number of carbonyl (C=O) groups excluding carboxylic acids is 1. The highest BCUT2D eigenvalue weighted by molar-refractivity contribution is 5.68. The van der Waals surface area contributed by atoms with Gasteiger partial charge >= 0.3 is 6.09 Å². The number of hydrogen-bond donors (Lipinski definition) is 0. The first-order chi connectivity index (χ1) is 15.3. The highest BCUT2D eigenvalue weighted by atomic mass is 19.1. The summed E-state index contributed by atoms with van der Waals surface area (Å²) in [5.74, 6) is -1.46. The number of halogens is 2. The van der Waals surface area contributed by atoms with Crippen molar-refractivity contribution in [3.05, 3.63) is 33.9 Å². The Morgan fingerprint density at radius 2 is 1.52 bits per heavy atom. The minimum Gasteiger partial charge on any atom is -0.444 e. The van der Waals surface area contributed by atoms with Crippen LogP contribution in [0.3, 0.4) is 0 Å². The van der Waals surface area contributed by atoms with Gasteiger partial charge in [-0.3, -0.25) is 15.0 Å². The lowest BCUT2D eigenvalue weighted by molar-refractivity contribution is -0.385. The summed E-state index contributed by atoms with van der Waals surface area (Å²) in [6, 6.07) is 1.54. The minimum atomic E-state index is -0.913. The van der Waals surface area contributed by atoms with Gasteiger partial charge in [-0.15, -0.1) is 0 Å². The second kappa shape index (κ2) is 9.40. The topological polar surface area (TPSA) is 79.2 Å². The first-order valence-electron chi connectivity index (χ1n) is 11.4. The molecule has 1 aromatic carbocycles. The number of amides is 1. The van der Waals surface area contributed by atoms with E-state index in [2.05, 4.69) is 18.7 Å². The van der Waals surface area contributed by atoms with Crippen molar-refractivity contribution >= 4 is 17.5 Å². The van der Waals surface area contributed by atoms with Crippen LogP contribution in [0.25, 0.3) is 0 Å². The molecule has 2 aliphatic rings. The minimum absolute atomic E-state index is 0.140. The monoisotopic (exact) mass is 468 g/mol. The lowest BCUT2D eigenvalue weighted by Gasteiger charge is -2.50. The van der Waals surface area contributed by atoms with Crippen LogP contribution in [0.5, 0.6) is 0 Å². The van der Waals surface area contributed by atoms with Gasteiger partial charge in [0.15, 0.2) is 11.6 Å². The second-order valence-electron chi connectivity index (χ2n) is 10.4. The molecule has 3 rings (SSSR count). The molecule has 1 aromatic rings. The third-order valence-electron chi connectivity index (χ3n) is 6.77. The number of anilines is 1. The molecule has 33 heavy (non-hydrogen) atoms. The van der Waals surface area contributed by atoms with E-state index in [0.717, 1.165) is 25.0 Å². The number of nitro groups is 1. The van der Waals surface area contributed by atoms with E-state index in [1.165, 1.54) is 0 Å². The van der Waals surface area contributed by atoms with Gasteiger partial charge in [-0.25, -0.2) is 13.6 Å². The molecule has 0 aliphatic carbocycles. The van der Waals surface area contributed by atoms with Crippen molar-refractivity contribution in [2.24, 2.45) is 5.92 Å². The van der Waals surface area contributed by atoms with Gasteiger partial charge in [-0.05, 0) is 53.4 Å². The number of hydrogen-bond acceptors (Lipinski definition) is 6. The van der Waals surface area contributed by atoms with E-state index in [9.17, 15) is 23.7 Å². The summed E-state index contributed by atoms with van der Waals surface area (Å²) in [5.41, 5.74) is -1.45. The number of nitrogens with zero attached hydrogens (tertiary/aromatic N) is 4. The summed E-state index contributed by atoms with van der Waals surface area (Å²) in [6.07, 6.45) is 1.44. The summed E-state index contributed by atoms with van der Waals surface area (Å²) in [6.45, 7) is 13.3. The maximum atomic E-state index is 14.4. The number of piperazine rings is 1. The Morgan fingerprint density at radius 1 is 1.00 bits per heavy atom. The Morgan fingerprint density at radius 3 is 1.97 bits per heavy atom. The van der Waals surface area contributed by atoms with Crippen molar-refractivity contribution in [2.45, 2.75) is 58.6 Å². The Labute approximate surface area is 193 Å². The van der Waals surface area contributed by atoms with Crippen molar-refractivity contribution in [1.82, 2.24) is 9.80 Å². The molecule has 2 saturated heterocycles. The zero-order valence-electron chi connectivity index (χ0n) is 20.1. The predicted molar refractivity (Wildman–Crippen MR) is 121 cm³/mol. The number of nitro benzene ring substituents is 1. The predicted octanol–water partition coefficient (Wildman–Crippen LogP) is 4.42. The van der Waals surface area contributed by atoms with E-state index in [-0.39, 0.29) is 17.3 Å². The second-order valence-corrected chi connectivity index (χ2v) is 10.4. The Hall–Kier alpha value is -2.49. The summed E-state index contributed by atoms with van der Waals surface area (Å²) in [5, 5.41) is 10.8. The van der Waals surface area contributed by atoms with Crippen molar-refractivity contribution in [1.29, 1.82) is 0 Å². The van der Waals surface area contributed by atoms with Gasteiger partial charge in [0.2, 0.25) is 0 Å². The lowest BCUT2D eigenvalue weighted by atomic mass is 9.78. The van der Waals surface area contributed by atoms with Gasteiger partial charge < -0.3 is 14.5 Å². The highest BCUT2D eigenvalue weighted by Gasteiger charge is 2.40.